The number of aromatic nitrogens is 2. The van der Waals surface area contributed by atoms with Crippen LogP contribution in [0.2, 0.25) is 10.0 Å². The number of nitrogens with zero attached hydrogens (tertiary/aromatic N) is 4. The molecule has 0 amide bonds. The van der Waals surface area contributed by atoms with Crippen molar-refractivity contribution in [2.45, 2.75) is 90.9 Å². The van der Waals surface area contributed by atoms with E-state index in [4.69, 9.17) is 23.2 Å². The summed E-state index contributed by atoms with van der Waals surface area (Å²) < 4.78 is 119. The molecule has 12 nitrogen and oxygen atoms in total. The number of hydrogen-bond acceptors (Lipinski definition) is 12. The molecule has 2 aliphatic rings. The Labute approximate surface area is 411 Å². The zero-order valence-electron chi connectivity index (χ0n) is 36.9. The molecule has 2 aromatic heterocycles. The van der Waals surface area contributed by atoms with Gasteiger partial charge in [-0.3, -0.25) is 14.3 Å². The highest BCUT2D eigenvalue weighted by Gasteiger charge is 2.37. The maximum atomic E-state index is 16.0. The summed E-state index contributed by atoms with van der Waals surface area (Å²) in [5, 5.41) is 10.0. The minimum atomic E-state index is -4.36. The second-order valence-corrected chi connectivity index (χ2v) is 23.2. The standard InChI is InChI=1S/C46H48Cl2F4N8O4S4/c1-59(2)41-12-9-28(20-39(41)55-37-23-35(51)43(21-31(37)47)67(61,62)57-45-53-14-16-65-45)30-18-26(8-11-34(30)50)25-60(3)42-13-10-27(29-6-4-5-7-33(29)49)19-40(42)56-38-24-36(52)44(22-32(38)48)68(63,64)58-46-54-15-17-66-46/h4-8,11,14-18,21-24,27-28,39-42,55-56H,9-10,12-13,19-20,25H2,1-3H3,(H,53,57)(H,54,58)/t27-,28+,39-,40-,41-,42-/m0/s1. The molecular formula is C46H48Cl2F4N8O4S4. The van der Waals surface area contributed by atoms with Crippen LogP contribution in [-0.4, -0.2) is 81.9 Å². The predicted octanol–water partition coefficient (Wildman–Crippen LogP) is 11.0. The van der Waals surface area contributed by atoms with Crippen molar-refractivity contribution in [1.82, 2.24) is 19.8 Å². The lowest BCUT2D eigenvalue weighted by atomic mass is 9.77. The maximum absolute atomic E-state index is 16.0. The zero-order valence-corrected chi connectivity index (χ0v) is 41.7. The Morgan fingerprint density at radius 3 is 1.65 bits per heavy atom. The van der Waals surface area contributed by atoms with E-state index >= 15 is 17.6 Å². The second-order valence-electron chi connectivity index (χ2n) is 17.3. The van der Waals surface area contributed by atoms with Gasteiger partial charge in [-0.1, -0.05) is 53.5 Å². The van der Waals surface area contributed by atoms with E-state index in [1.54, 1.807) is 35.0 Å². The Balaban J connectivity index is 1.01. The van der Waals surface area contributed by atoms with Crippen molar-refractivity contribution in [1.29, 1.82) is 0 Å². The predicted molar refractivity (Wildman–Crippen MR) is 262 cm³/mol. The topological polar surface area (TPSA) is 149 Å². The lowest BCUT2D eigenvalue weighted by Gasteiger charge is -2.42. The van der Waals surface area contributed by atoms with Gasteiger partial charge in [-0.25, -0.2) is 44.4 Å². The van der Waals surface area contributed by atoms with E-state index < -0.39 is 47.5 Å². The Bertz CT molecular complexity index is 2970. The monoisotopic (exact) mass is 1050 g/mol. The van der Waals surface area contributed by atoms with Gasteiger partial charge in [-0.15, -0.1) is 22.7 Å². The molecule has 0 radical (unpaired) electrons. The Kier molecular flexibility index (Phi) is 15.3. The van der Waals surface area contributed by atoms with Crippen LogP contribution in [0.1, 0.15) is 67.1 Å². The number of benzene rings is 4. The van der Waals surface area contributed by atoms with E-state index in [1.807, 2.05) is 32.1 Å². The summed E-state index contributed by atoms with van der Waals surface area (Å²) in [7, 11) is -2.90. The Hall–Kier alpha value is -4.54. The van der Waals surface area contributed by atoms with Crippen molar-refractivity contribution in [3.63, 3.8) is 0 Å². The van der Waals surface area contributed by atoms with Gasteiger partial charge in [0, 0.05) is 53.9 Å². The quantitative estimate of drug-likeness (QED) is 0.0691. The number of hydrogen-bond donors (Lipinski definition) is 4. The molecule has 0 aliphatic heterocycles. The molecule has 2 saturated carbocycles. The van der Waals surface area contributed by atoms with Gasteiger partial charge in [-0.2, -0.15) is 0 Å². The highest BCUT2D eigenvalue weighted by atomic mass is 35.5. The minimum Gasteiger partial charge on any atom is -0.379 e. The lowest BCUT2D eigenvalue weighted by Crippen LogP contribution is -2.48. The van der Waals surface area contributed by atoms with Gasteiger partial charge < -0.3 is 15.5 Å². The van der Waals surface area contributed by atoms with Crippen LogP contribution in [0.25, 0.3) is 0 Å². The third kappa shape index (κ3) is 11.2. The summed E-state index contributed by atoms with van der Waals surface area (Å²) in [6.07, 6.45) is 6.30. The third-order valence-electron chi connectivity index (χ3n) is 12.7. The fourth-order valence-electron chi connectivity index (χ4n) is 9.52. The van der Waals surface area contributed by atoms with Crippen LogP contribution in [0, 0.1) is 23.3 Å². The molecular weight excluding hydrogens is 1000 g/mol. The van der Waals surface area contributed by atoms with E-state index in [-0.39, 0.29) is 73.3 Å². The Morgan fingerprint density at radius 2 is 1.13 bits per heavy atom. The van der Waals surface area contributed by atoms with Crippen molar-refractivity contribution >= 4 is 87.6 Å². The number of halogens is 6. The molecule has 0 bridgehead atoms. The van der Waals surface area contributed by atoms with Crippen LogP contribution in [0.4, 0.5) is 39.2 Å². The smallest absolute Gasteiger partial charge is 0.266 e. The van der Waals surface area contributed by atoms with Gasteiger partial charge in [0.2, 0.25) is 0 Å². The normalized spacial score (nSPS) is 21.2. The van der Waals surface area contributed by atoms with Crippen LogP contribution >= 0.6 is 45.9 Å². The molecule has 2 heterocycles. The number of sulfonamides is 2. The zero-order chi connectivity index (χ0) is 48.5. The van der Waals surface area contributed by atoms with Crippen LogP contribution in [-0.2, 0) is 26.6 Å². The molecule has 0 spiro atoms. The molecule has 4 aromatic carbocycles. The van der Waals surface area contributed by atoms with E-state index in [0.29, 0.717) is 56.2 Å². The van der Waals surface area contributed by atoms with Crippen molar-refractivity contribution in [2.75, 3.05) is 41.2 Å². The lowest BCUT2D eigenvalue weighted by molar-refractivity contribution is 0.160. The molecule has 68 heavy (non-hydrogen) atoms. The molecule has 0 unspecified atom stereocenters. The van der Waals surface area contributed by atoms with E-state index in [1.165, 1.54) is 24.5 Å². The maximum Gasteiger partial charge on any atom is 0.266 e. The summed E-state index contributed by atoms with van der Waals surface area (Å²) >= 11 is 15.4. The van der Waals surface area contributed by atoms with Crippen molar-refractivity contribution in [3.8, 4) is 0 Å². The number of likely N-dealkylation sites (N-methyl/N-ethyl adjacent to an activating group) is 2. The van der Waals surface area contributed by atoms with E-state index in [0.717, 1.165) is 52.5 Å². The molecule has 8 rings (SSSR count). The van der Waals surface area contributed by atoms with Gasteiger partial charge in [-0.05, 0) is 125 Å². The number of nitrogens with one attached hydrogen (secondary N) is 4. The van der Waals surface area contributed by atoms with Crippen LogP contribution in [0.3, 0.4) is 0 Å². The van der Waals surface area contributed by atoms with Crippen LogP contribution in [0.15, 0.2) is 99.7 Å². The number of anilines is 4. The van der Waals surface area contributed by atoms with Crippen molar-refractivity contribution in [3.05, 3.63) is 140 Å². The third-order valence-corrected chi connectivity index (χ3v) is 17.7. The van der Waals surface area contributed by atoms with Gasteiger partial charge in [0.05, 0.1) is 21.4 Å². The minimum absolute atomic E-state index is 0.00486. The van der Waals surface area contributed by atoms with Crippen LogP contribution in [0.5, 0.6) is 0 Å². The molecule has 0 saturated heterocycles. The first kappa shape index (κ1) is 49.9. The largest absolute Gasteiger partial charge is 0.379 e. The van der Waals surface area contributed by atoms with Gasteiger partial charge in [0.1, 0.15) is 33.1 Å². The molecule has 362 valence electrons. The fourth-order valence-corrected chi connectivity index (χ4v) is 13.8. The van der Waals surface area contributed by atoms with Crippen LogP contribution < -0.4 is 20.1 Å². The number of rotatable bonds is 16. The molecule has 22 heteroatoms. The van der Waals surface area contributed by atoms with Crippen molar-refractivity contribution < 1.29 is 34.4 Å². The molecule has 4 N–H and O–H groups in total. The van der Waals surface area contributed by atoms with E-state index in [9.17, 15) is 16.8 Å². The summed E-state index contributed by atoms with van der Waals surface area (Å²) in [6.45, 7) is 0.387. The van der Waals surface area contributed by atoms with E-state index in [2.05, 4.69) is 34.9 Å². The first-order valence-corrected chi connectivity index (χ1v) is 27.1. The second kappa shape index (κ2) is 20.8. The molecule has 2 aliphatic carbocycles. The SMILES string of the molecule is CN(C)[C@H]1CC[C@@H](c2cc(CN(C)[C@H]3CC[C@H](c4ccccc4F)C[C@@H]3Nc3cc(F)c(S(=O)(=O)Nc4nccs4)cc3Cl)ccc2F)C[C@@H]1Nc1cc(F)c(S(=O)(=O)Nc2nccs2)cc1Cl. The highest BCUT2D eigenvalue weighted by molar-refractivity contribution is 7.93. The first-order chi connectivity index (χ1) is 32.4. The van der Waals surface area contributed by atoms with Crippen molar-refractivity contribution in [2.24, 2.45) is 0 Å². The molecule has 6 atom stereocenters. The van der Waals surface area contributed by atoms with Gasteiger partial charge >= 0.3 is 0 Å². The number of thiazole rings is 2. The molecule has 2 fully saturated rings. The summed E-state index contributed by atoms with van der Waals surface area (Å²) in [4.78, 5) is 10.7. The Morgan fingerprint density at radius 1 is 0.632 bits per heavy atom. The average Bonchev–Trinajstić information content (AvgIpc) is 4.01. The first-order valence-electron chi connectivity index (χ1n) is 21.6. The summed E-state index contributed by atoms with van der Waals surface area (Å²) in [5.41, 5.74) is 2.28. The van der Waals surface area contributed by atoms with Gasteiger partial charge in [0.25, 0.3) is 20.0 Å². The summed E-state index contributed by atoms with van der Waals surface area (Å²) in [6, 6.07) is 14.9. The fraction of sp³-hybridized carbons (Fsp3) is 0.348. The average molecular weight is 1050 g/mol. The summed E-state index contributed by atoms with van der Waals surface area (Å²) in [5.74, 6) is -3.17. The molecule has 6 aromatic rings. The highest BCUT2D eigenvalue weighted by Crippen LogP contribution is 2.42. The van der Waals surface area contributed by atoms with Gasteiger partial charge in [0.15, 0.2) is 10.3 Å².